The van der Waals surface area contributed by atoms with Gasteiger partial charge in [-0.05, 0) is 0 Å². The number of rotatable bonds is 3. The van der Waals surface area contributed by atoms with Gasteiger partial charge in [0.2, 0.25) is 0 Å². The van der Waals surface area contributed by atoms with Gasteiger partial charge in [0.1, 0.15) is 0 Å². The lowest BCUT2D eigenvalue weighted by Crippen LogP contribution is -2.34. The molecule has 0 saturated heterocycles. The molecule has 1 N–H and O–H groups in total. The number of hydrogen-bond acceptors (Lipinski definition) is 6. The third kappa shape index (κ3) is 2.94. The summed E-state index contributed by atoms with van der Waals surface area (Å²) in [5.41, 5.74) is -1.67. The smallest absolute Gasteiger partial charge is 0.339 e. The Labute approximate surface area is 88.4 Å². The van der Waals surface area contributed by atoms with Crippen molar-refractivity contribution in [1.82, 2.24) is 14.8 Å². The summed E-state index contributed by atoms with van der Waals surface area (Å²) in [6.45, 7) is 0. The molecule has 0 bridgehead atoms. The van der Waals surface area contributed by atoms with Gasteiger partial charge >= 0.3 is 17.1 Å². The largest absolute Gasteiger partial charge is 0.468 e. The second-order valence-corrected chi connectivity index (χ2v) is 3.51. The molecule has 0 aromatic carbocycles. The number of H-pyrrole nitrogens is 1. The van der Waals surface area contributed by atoms with Crippen LogP contribution in [0, 0.1) is 0 Å². The van der Waals surface area contributed by atoms with Gasteiger partial charge in [0.15, 0.2) is 5.16 Å². The highest BCUT2D eigenvalue weighted by Crippen LogP contribution is 2.10. The number of aryl methyl sites for hydroxylation is 1. The van der Waals surface area contributed by atoms with E-state index in [-0.39, 0.29) is 10.9 Å². The van der Waals surface area contributed by atoms with Crippen LogP contribution in [0.3, 0.4) is 0 Å². The molecule has 0 aliphatic carbocycles. The Morgan fingerprint density at radius 2 is 2.27 bits per heavy atom. The van der Waals surface area contributed by atoms with E-state index in [2.05, 4.69) is 14.8 Å². The van der Waals surface area contributed by atoms with Crippen molar-refractivity contribution < 1.29 is 9.53 Å². The van der Waals surface area contributed by atoms with E-state index in [1.807, 2.05) is 0 Å². The maximum atomic E-state index is 10.9. The fourth-order valence-electron chi connectivity index (χ4n) is 0.772. The minimum atomic E-state index is -0.875. The molecule has 82 valence electrons. The first-order valence-corrected chi connectivity index (χ1v) is 4.90. The molecule has 1 rings (SSSR count). The van der Waals surface area contributed by atoms with Crippen molar-refractivity contribution >= 4 is 17.7 Å². The molecule has 0 amide bonds. The van der Waals surface area contributed by atoms with Gasteiger partial charge in [-0.3, -0.25) is 24.2 Å². The lowest BCUT2D eigenvalue weighted by atomic mass is 10.8. The molecule has 0 aliphatic rings. The third-order valence-corrected chi connectivity index (χ3v) is 2.50. The fourth-order valence-corrected chi connectivity index (χ4v) is 1.52. The number of nitrogens with zero attached hydrogens (tertiary/aromatic N) is 2. The topological polar surface area (TPSA) is 94.1 Å². The number of esters is 1. The normalized spacial score (nSPS) is 10.0. The quantitative estimate of drug-likeness (QED) is 0.396. The van der Waals surface area contributed by atoms with E-state index in [1.165, 1.54) is 18.8 Å². The molecule has 1 heterocycles. The Morgan fingerprint density at radius 1 is 1.60 bits per heavy atom. The zero-order chi connectivity index (χ0) is 11.4. The van der Waals surface area contributed by atoms with Crippen molar-refractivity contribution in [2.75, 3.05) is 12.9 Å². The number of methoxy groups -OCH3 is 1. The third-order valence-electron chi connectivity index (χ3n) is 1.49. The van der Waals surface area contributed by atoms with Crippen LogP contribution in [0.5, 0.6) is 0 Å². The molecule has 7 nitrogen and oxygen atoms in total. The van der Waals surface area contributed by atoms with E-state index in [1.54, 1.807) is 0 Å². The summed E-state index contributed by atoms with van der Waals surface area (Å²) in [4.78, 5) is 36.1. The number of aromatic amines is 1. The molecule has 8 heteroatoms. The molecule has 1 aromatic heterocycles. The van der Waals surface area contributed by atoms with Crippen molar-refractivity contribution in [2.24, 2.45) is 7.05 Å². The average molecular weight is 231 g/mol. The first-order chi connectivity index (χ1) is 7.04. The van der Waals surface area contributed by atoms with Crippen molar-refractivity contribution in [3.63, 3.8) is 0 Å². The highest BCUT2D eigenvalue weighted by atomic mass is 32.2. The number of thioether (sulfide) groups is 1. The minimum absolute atomic E-state index is 0.0306. The molecule has 0 saturated carbocycles. The highest BCUT2D eigenvalue weighted by Gasteiger charge is 2.07. The molecule has 0 radical (unpaired) electrons. The number of ether oxygens (including phenoxy) is 1. The van der Waals surface area contributed by atoms with Crippen LogP contribution in [-0.2, 0) is 16.6 Å². The van der Waals surface area contributed by atoms with Crippen LogP contribution in [0.1, 0.15) is 0 Å². The van der Waals surface area contributed by atoms with Crippen molar-refractivity contribution in [3.05, 3.63) is 20.7 Å². The number of carbonyl (C=O) groups is 1. The van der Waals surface area contributed by atoms with E-state index in [9.17, 15) is 14.4 Å². The number of nitrogens with one attached hydrogen (secondary N) is 1. The van der Waals surface area contributed by atoms with Crippen LogP contribution in [0.25, 0.3) is 0 Å². The monoisotopic (exact) mass is 231 g/mol. The summed E-state index contributed by atoms with van der Waals surface area (Å²) in [5.74, 6) is -0.400. The Morgan fingerprint density at radius 3 is 2.87 bits per heavy atom. The Hall–Kier alpha value is -1.57. The zero-order valence-corrected chi connectivity index (χ0v) is 8.96. The zero-order valence-electron chi connectivity index (χ0n) is 8.14. The number of aromatic nitrogens is 3. The molecule has 0 atom stereocenters. The van der Waals surface area contributed by atoms with Gasteiger partial charge < -0.3 is 4.74 Å². The summed E-state index contributed by atoms with van der Waals surface area (Å²) in [5, 5.41) is 2.52. The first-order valence-electron chi connectivity index (χ1n) is 3.91. The second kappa shape index (κ2) is 4.78. The average Bonchev–Trinajstić information content (AvgIpc) is 2.21. The summed E-state index contributed by atoms with van der Waals surface area (Å²) in [7, 11) is 2.79. The first kappa shape index (κ1) is 11.5. The van der Waals surface area contributed by atoms with Gasteiger partial charge in [0.25, 0.3) is 0 Å². The van der Waals surface area contributed by atoms with Gasteiger partial charge in [0.05, 0.1) is 12.9 Å². The highest BCUT2D eigenvalue weighted by molar-refractivity contribution is 7.99. The van der Waals surface area contributed by atoms with Gasteiger partial charge in [-0.15, -0.1) is 0 Å². The lowest BCUT2D eigenvalue weighted by Gasteiger charge is -2.04. The molecule has 0 spiro atoms. The van der Waals surface area contributed by atoms with Crippen LogP contribution in [-0.4, -0.2) is 33.6 Å². The second-order valence-electron chi connectivity index (χ2n) is 2.56. The molecule has 1 aromatic rings. The summed E-state index contributed by atoms with van der Waals surface area (Å²) in [6, 6.07) is 0. The summed E-state index contributed by atoms with van der Waals surface area (Å²) in [6.07, 6.45) is 0. The van der Waals surface area contributed by atoms with Crippen LogP contribution in [0.4, 0.5) is 0 Å². The van der Waals surface area contributed by atoms with E-state index < -0.39 is 17.1 Å². The van der Waals surface area contributed by atoms with Crippen molar-refractivity contribution in [3.8, 4) is 0 Å². The van der Waals surface area contributed by atoms with Gasteiger partial charge in [-0.25, -0.2) is 0 Å². The van der Waals surface area contributed by atoms with E-state index >= 15 is 0 Å². The fraction of sp³-hybridized carbons (Fsp3) is 0.429. The van der Waals surface area contributed by atoms with Crippen molar-refractivity contribution in [2.45, 2.75) is 5.16 Å². The maximum absolute atomic E-state index is 10.9. The van der Waals surface area contributed by atoms with Crippen LogP contribution < -0.4 is 11.1 Å². The van der Waals surface area contributed by atoms with Gasteiger partial charge in [-0.1, -0.05) is 11.8 Å². The maximum Gasteiger partial charge on any atom is 0.339 e. The molecule has 0 unspecified atom stereocenters. The van der Waals surface area contributed by atoms with Crippen LogP contribution >= 0.6 is 11.8 Å². The van der Waals surface area contributed by atoms with Gasteiger partial charge in [0, 0.05) is 7.05 Å². The predicted molar refractivity (Wildman–Crippen MR) is 52.8 cm³/mol. The number of carbonyl (C=O) groups excluding carboxylic acids is 1. The van der Waals surface area contributed by atoms with Crippen molar-refractivity contribution in [1.29, 1.82) is 0 Å². The molecular weight excluding hydrogens is 222 g/mol. The van der Waals surface area contributed by atoms with E-state index in [4.69, 9.17) is 0 Å². The molecule has 0 aliphatic heterocycles. The van der Waals surface area contributed by atoms with Crippen LogP contribution in [0.15, 0.2) is 14.7 Å². The minimum Gasteiger partial charge on any atom is -0.468 e. The Bertz CT molecular complexity index is 478. The molecule has 15 heavy (non-hydrogen) atoms. The molecular formula is C7H9N3O4S. The molecule has 0 fully saturated rings. The Balaban J connectivity index is 2.87. The predicted octanol–water partition coefficient (Wildman–Crippen LogP) is -1.27. The SMILES string of the molecule is COC(=O)CSc1nc(=O)c(=O)[nH]n1C. The lowest BCUT2D eigenvalue weighted by molar-refractivity contribution is -0.137. The summed E-state index contributed by atoms with van der Waals surface area (Å²) < 4.78 is 5.69. The van der Waals surface area contributed by atoms with Gasteiger partial charge in [-0.2, -0.15) is 4.98 Å². The van der Waals surface area contributed by atoms with E-state index in [0.717, 1.165) is 11.8 Å². The Kier molecular flexibility index (Phi) is 3.67. The number of hydrogen-bond donors (Lipinski definition) is 1. The standard InChI is InChI=1S/C7H9N3O4S/c1-10-7(15-3-4(11)14-2)8-5(12)6(13)9-10/h3H2,1-2H3,(H,9,13). The summed E-state index contributed by atoms with van der Waals surface area (Å²) >= 11 is 1.01. The van der Waals surface area contributed by atoms with E-state index in [0.29, 0.717) is 0 Å². The van der Waals surface area contributed by atoms with Crippen LogP contribution in [0.2, 0.25) is 0 Å².